The van der Waals surface area contributed by atoms with E-state index in [2.05, 4.69) is 10.6 Å². The molecule has 3 amide bonds. The number of hydrogen-bond acceptors (Lipinski definition) is 3. The summed E-state index contributed by atoms with van der Waals surface area (Å²) in [5, 5.41) is 13.9. The molecule has 0 aliphatic carbocycles. The number of phenolic OH excluding ortho intramolecular Hbond substituents is 1. The highest BCUT2D eigenvalue weighted by Gasteiger charge is 2.41. The first kappa shape index (κ1) is 10.5. The Morgan fingerprint density at radius 3 is 2.38 bits per heavy atom. The number of carbonyl (C=O) groups excluding carboxylic acids is 2. The second kappa shape index (κ2) is 3.52. The Bertz CT molecular complexity index is 441. The fraction of sp³-hybridized carbons (Fsp3) is 0.273. The van der Waals surface area contributed by atoms with Crippen molar-refractivity contribution in [2.45, 2.75) is 18.9 Å². The number of aromatic hydroxyl groups is 1. The molecule has 5 nitrogen and oxygen atoms in total. The van der Waals surface area contributed by atoms with Crippen LogP contribution >= 0.6 is 0 Å². The first-order valence-electron chi connectivity index (χ1n) is 4.91. The molecule has 84 valence electrons. The van der Waals surface area contributed by atoms with Crippen LogP contribution in [0.4, 0.5) is 4.79 Å². The molecule has 1 aliphatic rings. The van der Waals surface area contributed by atoms with E-state index in [1.807, 2.05) is 0 Å². The highest BCUT2D eigenvalue weighted by molar-refractivity contribution is 6.06. The van der Waals surface area contributed by atoms with E-state index in [4.69, 9.17) is 5.11 Å². The van der Waals surface area contributed by atoms with Gasteiger partial charge in [0.1, 0.15) is 11.3 Å². The number of benzene rings is 1. The molecule has 0 aromatic heterocycles. The molecule has 1 aromatic carbocycles. The molecule has 0 radical (unpaired) electrons. The van der Waals surface area contributed by atoms with Gasteiger partial charge in [0.25, 0.3) is 5.91 Å². The second-order valence-electron chi connectivity index (χ2n) is 4.08. The van der Waals surface area contributed by atoms with E-state index in [0.29, 0.717) is 6.42 Å². The Morgan fingerprint density at radius 2 is 1.88 bits per heavy atom. The van der Waals surface area contributed by atoms with Gasteiger partial charge < -0.3 is 10.4 Å². The molecular formula is C11H12N2O3. The molecule has 5 heteroatoms. The van der Waals surface area contributed by atoms with Gasteiger partial charge >= 0.3 is 6.03 Å². The Morgan fingerprint density at radius 1 is 1.25 bits per heavy atom. The van der Waals surface area contributed by atoms with Crippen LogP contribution in [-0.2, 0) is 11.2 Å². The lowest BCUT2D eigenvalue weighted by molar-refractivity contribution is -0.123. The van der Waals surface area contributed by atoms with Crippen molar-refractivity contribution in [2.24, 2.45) is 0 Å². The minimum Gasteiger partial charge on any atom is -0.508 e. The summed E-state index contributed by atoms with van der Waals surface area (Å²) in [6, 6.07) is 6.07. The normalized spacial score (nSPS) is 24.1. The van der Waals surface area contributed by atoms with Gasteiger partial charge in [0.15, 0.2) is 0 Å². The average molecular weight is 220 g/mol. The smallest absolute Gasteiger partial charge is 0.322 e. The maximum atomic E-state index is 11.5. The topological polar surface area (TPSA) is 78.4 Å². The molecule has 1 aliphatic heterocycles. The number of urea groups is 1. The lowest BCUT2D eigenvalue weighted by atomic mass is 9.93. The number of imide groups is 1. The van der Waals surface area contributed by atoms with Crippen LogP contribution in [-0.4, -0.2) is 22.6 Å². The van der Waals surface area contributed by atoms with Crippen LogP contribution in [0.3, 0.4) is 0 Å². The quantitative estimate of drug-likeness (QED) is 0.636. The Labute approximate surface area is 92.5 Å². The number of phenols is 1. The number of carbonyl (C=O) groups is 2. The largest absolute Gasteiger partial charge is 0.508 e. The fourth-order valence-corrected chi connectivity index (χ4v) is 1.73. The van der Waals surface area contributed by atoms with E-state index >= 15 is 0 Å². The van der Waals surface area contributed by atoms with Gasteiger partial charge in [-0.05, 0) is 24.6 Å². The van der Waals surface area contributed by atoms with E-state index in [0.717, 1.165) is 5.56 Å². The van der Waals surface area contributed by atoms with Crippen LogP contribution in [0.2, 0.25) is 0 Å². The zero-order valence-electron chi connectivity index (χ0n) is 8.78. The van der Waals surface area contributed by atoms with Crippen molar-refractivity contribution < 1.29 is 14.7 Å². The second-order valence-corrected chi connectivity index (χ2v) is 4.08. The summed E-state index contributed by atoms with van der Waals surface area (Å²) in [7, 11) is 0. The first-order valence-corrected chi connectivity index (χ1v) is 4.91. The Balaban J connectivity index is 2.18. The van der Waals surface area contributed by atoms with Gasteiger partial charge in [0, 0.05) is 6.42 Å². The number of rotatable bonds is 2. The molecule has 1 unspecified atom stereocenters. The standard InChI is InChI=1S/C11H12N2O3/c1-11(9(15)12-10(16)13-11)6-7-2-4-8(14)5-3-7/h2-5,14H,6H2,1H3,(H2,12,13,15,16). The molecule has 2 rings (SSSR count). The molecule has 1 heterocycles. The summed E-state index contributed by atoms with van der Waals surface area (Å²) in [4.78, 5) is 22.6. The molecule has 1 saturated heterocycles. The van der Waals surface area contributed by atoms with Crippen molar-refractivity contribution in [3.63, 3.8) is 0 Å². The Hall–Kier alpha value is -2.04. The highest BCUT2D eigenvalue weighted by atomic mass is 16.3. The van der Waals surface area contributed by atoms with Crippen LogP contribution in [0, 0.1) is 0 Å². The van der Waals surface area contributed by atoms with Crippen molar-refractivity contribution in [3.05, 3.63) is 29.8 Å². The first-order chi connectivity index (χ1) is 7.49. The van der Waals surface area contributed by atoms with Crippen molar-refractivity contribution in [3.8, 4) is 5.75 Å². The minimum atomic E-state index is -0.909. The van der Waals surface area contributed by atoms with Gasteiger partial charge in [0.2, 0.25) is 0 Å². The minimum absolute atomic E-state index is 0.175. The van der Waals surface area contributed by atoms with E-state index in [-0.39, 0.29) is 11.7 Å². The van der Waals surface area contributed by atoms with Crippen LogP contribution in [0.5, 0.6) is 5.75 Å². The molecule has 1 fully saturated rings. The SMILES string of the molecule is CC1(Cc2ccc(O)cc2)NC(=O)NC1=O. The fourth-order valence-electron chi connectivity index (χ4n) is 1.73. The van der Waals surface area contributed by atoms with Gasteiger partial charge in [0.05, 0.1) is 0 Å². The number of hydrogen-bond donors (Lipinski definition) is 3. The van der Waals surface area contributed by atoms with E-state index < -0.39 is 11.6 Å². The van der Waals surface area contributed by atoms with Crippen LogP contribution in [0.15, 0.2) is 24.3 Å². The van der Waals surface area contributed by atoms with Gasteiger partial charge in [-0.2, -0.15) is 0 Å². The van der Waals surface area contributed by atoms with Crippen LogP contribution < -0.4 is 10.6 Å². The van der Waals surface area contributed by atoms with Crippen molar-refractivity contribution in [1.82, 2.24) is 10.6 Å². The third-order valence-corrected chi connectivity index (χ3v) is 2.61. The summed E-state index contributed by atoms with van der Waals surface area (Å²) in [5.41, 5.74) is -0.0359. The monoisotopic (exact) mass is 220 g/mol. The van der Waals surface area contributed by atoms with Gasteiger partial charge in [-0.1, -0.05) is 12.1 Å². The van der Waals surface area contributed by atoms with Crippen molar-refractivity contribution in [2.75, 3.05) is 0 Å². The van der Waals surface area contributed by atoms with Gasteiger partial charge in [-0.25, -0.2) is 4.79 Å². The predicted octanol–water partition coefficient (Wildman–Crippen LogP) is 0.533. The highest BCUT2D eigenvalue weighted by Crippen LogP contribution is 2.18. The Kier molecular flexibility index (Phi) is 2.30. The molecular weight excluding hydrogens is 208 g/mol. The molecule has 0 bridgehead atoms. The third-order valence-electron chi connectivity index (χ3n) is 2.61. The van der Waals surface area contributed by atoms with Crippen molar-refractivity contribution >= 4 is 11.9 Å². The molecule has 1 aromatic rings. The molecule has 0 saturated carbocycles. The number of amides is 3. The van der Waals surface area contributed by atoms with Crippen LogP contribution in [0.1, 0.15) is 12.5 Å². The summed E-state index contributed by atoms with van der Waals surface area (Å²) in [6.45, 7) is 1.67. The summed E-state index contributed by atoms with van der Waals surface area (Å²) < 4.78 is 0. The zero-order valence-corrected chi connectivity index (χ0v) is 8.78. The van der Waals surface area contributed by atoms with E-state index in [9.17, 15) is 9.59 Å². The van der Waals surface area contributed by atoms with Crippen molar-refractivity contribution in [1.29, 1.82) is 0 Å². The van der Waals surface area contributed by atoms with Gasteiger partial charge in [-0.15, -0.1) is 0 Å². The molecule has 16 heavy (non-hydrogen) atoms. The summed E-state index contributed by atoms with van der Waals surface area (Å²) in [5.74, 6) is -0.153. The average Bonchev–Trinajstić information content (AvgIpc) is 2.44. The van der Waals surface area contributed by atoms with Crippen LogP contribution in [0.25, 0.3) is 0 Å². The summed E-state index contributed by atoms with van der Waals surface area (Å²) in [6.07, 6.45) is 0.394. The lowest BCUT2D eigenvalue weighted by Gasteiger charge is -2.20. The molecule has 1 atom stereocenters. The van der Waals surface area contributed by atoms with E-state index in [1.54, 1.807) is 31.2 Å². The number of nitrogens with one attached hydrogen (secondary N) is 2. The summed E-state index contributed by atoms with van der Waals surface area (Å²) >= 11 is 0. The zero-order chi connectivity index (χ0) is 11.8. The maximum Gasteiger partial charge on any atom is 0.322 e. The lowest BCUT2D eigenvalue weighted by Crippen LogP contribution is -2.45. The molecule has 3 N–H and O–H groups in total. The van der Waals surface area contributed by atoms with E-state index in [1.165, 1.54) is 0 Å². The third kappa shape index (κ3) is 1.84. The van der Waals surface area contributed by atoms with Gasteiger partial charge in [-0.3, -0.25) is 10.1 Å². The predicted molar refractivity (Wildman–Crippen MR) is 56.9 cm³/mol. The molecule has 0 spiro atoms. The maximum absolute atomic E-state index is 11.5.